The zero-order valence-corrected chi connectivity index (χ0v) is 11.2. The lowest BCUT2D eigenvalue weighted by Crippen LogP contribution is -2.48. The minimum absolute atomic E-state index is 0.193. The van der Waals surface area contributed by atoms with Gasteiger partial charge in [0.25, 0.3) is 0 Å². The highest BCUT2D eigenvalue weighted by molar-refractivity contribution is 5.68. The predicted molar refractivity (Wildman–Crippen MR) is 69.0 cm³/mol. The summed E-state index contributed by atoms with van der Waals surface area (Å²) in [6.45, 7) is 12.2. The molecule has 0 saturated carbocycles. The van der Waals surface area contributed by atoms with Crippen molar-refractivity contribution >= 4 is 6.09 Å². The van der Waals surface area contributed by atoms with Gasteiger partial charge in [0, 0.05) is 19.1 Å². The largest absolute Gasteiger partial charge is 0.444 e. The van der Waals surface area contributed by atoms with Crippen LogP contribution in [-0.4, -0.2) is 42.3 Å². The highest BCUT2D eigenvalue weighted by Crippen LogP contribution is 2.11. The molecule has 0 aromatic heterocycles. The lowest BCUT2D eigenvalue weighted by atomic mass is 10.1. The van der Waals surface area contributed by atoms with Crippen molar-refractivity contribution in [1.29, 1.82) is 0 Å². The zero-order valence-electron chi connectivity index (χ0n) is 11.2. The second kappa shape index (κ2) is 6.05. The van der Waals surface area contributed by atoms with Crippen LogP contribution in [0.25, 0.3) is 0 Å². The van der Waals surface area contributed by atoms with E-state index in [1.807, 2.05) is 26.8 Å². The fourth-order valence-corrected chi connectivity index (χ4v) is 2.00. The number of likely N-dealkylation sites (tertiary alicyclic amines) is 1. The molecule has 1 saturated heterocycles. The van der Waals surface area contributed by atoms with Crippen LogP contribution in [-0.2, 0) is 4.74 Å². The average molecular weight is 240 g/mol. The second-order valence-electron chi connectivity index (χ2n) is 5.53. The van der Waals surface area contributed by atoms with Crippen LogP contribution in [0.3, 0.4) is 0 Å². The van der Waals surface area contributed by atoms with Gasteiger partial charge >= 0.3 is 6.09 Å². The van der Waals surface area contributed by atoms with Crippen LogP contribution >= 0.6 is 0 Å². The first-order chi connectivity index (χ1) is 7.90. The number of ether oxygens (including phenoxy) is 1. The highest BCUT2D eigenvalue weighted by atomic mass is 16.6. The van der Waals surface area contributed by atoms with Gasteiger partial charge in [-0.25, -0.2) is 4.79 Å². The average Bonchev–Trinajstić information content (AvgIpc) is 2.15. The molecule has 17 heavy (non-hydrogen) atoms. The van der Waals surface area contributed by atoms with Crippen molar-refractivity contribution in [3.8, 4) is 0 Å². The number of rotatable bonds is 3. The van der Waals surface area contributed by atoms with E-state index >= 15 is 0 Å². The first kappa shape index (κ1) is 14.0. The SMILES string of the molecule is C=CCN1CCC[C@@H](NC(=O)OC(C)(C)C)C1. The van der Waals surface area contributed by atoms with Gasteiger partial charge in [0.2, 0.25) is 0 Å². The molecule has 0 radical (unpaired) electrons. The maximum atomic E-state index is 11.6. The van der Waals surface area contributed by atoms with Crippen LogP contribution in [0, 0.1) is 0 Å². The molecule has 0 spiro atoms. The predicted octanol–water partition coefficient (Wildman–Crippen LogP) is 2.16. The molecule has 0 bridgehead atoms. The van der Waals surface area contributed by atoms with Gasteiger partial charge in [-0.2, -0.15) is 0 Å². The van der Waals surface area contributed by atoms with Crippen LogP contribution in [0.2, 0.25) is 0 Å². The van der Waals surface area contributed by atoms with Crippen molar-refractivity contribution in [2.75, 3.05) is 19.6 Å². The van der Waals surface area contributed by atoms with E-state index in [0.29, 0.717) is 0 Å². The quantitative estimate of drug-likeness (QED) is 0.769. The lowest BCUT2D eigenvalue weighted by Gasteiger charge is -2.32. The number of amides is 1. The maximum Gasteiger partial charge on any atom is 0.407 e. The normalized spacial score (nSPS) is 21.9. The maximum absolute atomic E-state index is 11.6. The molecule has 1 N–H and O–H groups in total. The van der Waals surface area contributed by atoms with Gasteiger partial charge in [0.15, 0.2) is 0 Å². The fraction of sp³-hybridized carbons (Fsp3) is 0.769. The number of nitrogens with zero attached hydrogens (tertiary/aromatic N) is 1. The fourth-order valence-electron chi connectivity index (χ4n) is 2.00. The number of carbonyl (C=O) groups is 1. The molecule has 0 unspecified atom stereocenters. The van der Waals surface area contributed by atoms with E-state index in [2.05, 4.69) is 16.8 Å². The molecular weight excluding hydrogens is 216 g/mol. The minimum atomic E-state index is -0.431. The smallest absolute Gasteiger partial charge is 0.407 e. The van der Waals surface area contributed by atoms with E-state index in [4.69, 9.17) is 4.74 Å². The molecule has 1 amide bonds. The van der Waals surface area contributed by atoms with E-state index < -0.39 is 5.60 Å². The molecule has 0 aromatic rings. The Morgan fingerprint density at radius 2 is 2.29 bits per heavy atom. The number of hydrogen-bond acceptors (Lipinski definition) is 3. The molecule has 1 fully saturated rings. The standard InChI is InChI=1S/C13H24N2O2/c1-5-8-15-9-6-7-11(10-15)14-12(16)17-13(2,3)4/h5,11H,1,6-10H2,2-4H3,(H,14,16)/t11-/m1/s1. The van der Waals surface area contributed by atoms with E-state index in [1.165, 1.54) is 0 Å². The van der Waals surface area contributed by atoms with E-state index in [-0.39, 0.29) is 12.1 Å². The topological polar surface area (TPSA) is 41.6 Å². The summed E-state index contributed by atoms with van der Waals surface area (Å²) in [6.07, 6.45) is 3.71. The van der Waals surface area contributed by atoms with Gasteiger partial charge in [-0.05, 0) is 40.2 Å². The Morgan fingerprint density at radius 1 is 1.59 bits per heavy atom. The van der Waals surface area contributed by atoms with Gasteiger partial charge in [-0.3, -0.25) is 4.90 Å². The van der Waals surface area contributed by atoms with Crippen molar-refractivity contribution in [2.24, 2.45) is 0 Å². The lowest BCUT2D eigenvalue weighted by molar-refractivity contribution is 0.0475. The molecular formula is C13H24N2O2. The highest BCUT2D eigenvalue weighted by Gasteiger charge is 2.23. The molecule has 1 aliphatic heterocycles. The summed E-state index contributed by atoms with van der Waals surface area (Å²) < 4.78 is 5.25. The van der Waals surface area contributed by atoms with Gasteiger partial charge < -0.3 is 10.1 Å². The third-order valence-corrected chi connectivity index (χ3v) is 2.61. The van der Waals surface area contributed by atoms with E-state index in [0.717, 1.165) is 32.5 Å². The summed E-state index contributed by atoms with van der Waals surface area (Å²) in [6, 6.07) is 0.193. The molecule has 1 aliphatic rings. The summed E-state index contributed by atoms with van der Waals surface area (Å²) in [5.74, 6) is 0. The van der Waals surface area contributed by atoms with Crippen molar-refractivity contribution in [3.05, 3.63) is 12.7 Å². The summed E-state index contributed by atoms with van der Waals surface area (Å²) in [7, 11) is 0. The minimum Gasteiger partial charge on any atom is -0.444 e. The summed E-state index contributed by atoms with van der Waals surface area (Å²) in [5.41, 5.74) is -0.431. The molecule has 0 aliphatic carbocycles. The first-order valence-electron chi connectivity index (χ1n) is 6.23. The molecule has 4 nitrogen and oxygen atoms in total. The Bertz CT molecular complexity index is 271. The molecule has 4 heteroatoms. The van der Waals surface area contributed by atoms with E-state index in [1.54, 1.807) is 0 Å². The molecule has 0 aromatic carbocycles. The van der Waals surface area contributed by atoms with Gasteiger partial charge in [-0.1, -0.05) is 6.08 Å². The van der Waals surface area contributed by atoms with Crippen LogP contribution in [0.1, 0.15) is 33.6 Å². The van der Waals surface area contributed by atoms with Crippen LogP contribution < -0.4 is 5.32 Å². The summed E-state index contributed by atoms with van der Waals surface area (Å²) >= 11 is 0. The van der Waals surface area contributed by atoms with Crippen molar-refractivity contribution < 1.29 is 9.53 Å². The number of alkyl carbamates (subject to hydrolysis) is 1. The van der Waals surface area contributed by atoms with Gasteiger partial charge in [0.1, 0.15) is 5.60 Å². The number of carbonyl (C=O) groups excluding carboxylic acids is 1. The van der Waals surface area contributed by atoms with Crippen molar-refractivity contribution in [1.82, 2.24) is 10.2 Å². The first-order valence-corrected chi connectivity index (χ1v) is 6.23. The zero-order chi connectivity index (χ0) is 12.9. The molecule has 1 rings (SSSR count). The van der Waals surface area contributed by atoms with Crippen LogP contribution in [0.4, 0.5) is 4.79 Å². The van der Waals surface area contributed by atoms with E-state index in [9.17, 15) is 4.79 Å². The Labute approximate surface area is 104 Å². The molecule has 1 atom stereocenters. The third kappa shape index (κ3) is 5.73. The Kier molecular flexibility index (Phi) is 5.00. The molecule has 1 heterocycles. The third-order valence-electron chi connectivity index (χ3n) is 2.61. The number of hydrogen-bond donors (Lipinski definition) is 1. The summed E-state index contributed by atoms with van der Waals surface area (Å²) in [4.78, 5) is 13.9. The summed E-state index contributed by atoms with van der Waals surface area (Å²) in [5, 5.41) is 2.93. The molecule has 98 valence electrons. The van der Waals surface area contributed by atoms with Crippen LogP contribution in [0.5, 0.6) is 0 Å². The Morgan fingerprint density at radius 3 is 2.88 bits per heavy atom. The number of piperidine rings is 1. The van der Waals surface area contributed by atoms with Gasteiger partial charge in [-0.15, -0.1) is 6.58 Å². The van der Waals surface area contributed by atoms with Crippen LogP contribution in [0.15, 0.2) is 12.7 Å². The second-order valence-corrected chi connectivity index (χ2v) is 5.53. The number of nitrogens with one attached hydrogen (secondary N) is 1. The monoisotopic (exact) mass is 240 g/mol. The van der Waals surface area contributed by atoms with Crippen molar-refractivity contribution in [2.45, 2.75) is 45.3 Å². The Balaban J connectivity index is 2.35. The van der Waals surface area contributed by atoms with Gasteiger partial charge in [0.05, 0.1) is 0 Å². The Hall–Kier alpha value is -1.03. The van der Waals surface area contributed by atoms with Crippen molar-refractivity contribution in [3.63, 3.8) is 0 Å².